The van der Waals surface area contributed by atoms with E-state index in [9.17, 15) is 0 Å². The van der Waals surface area contributed by atoms with Crippen molar-refractivity contribution in [2.45, 2.75) is 35.4 Å². The number of nitrogens with zero attached hydrogens (tertiary/aromatic N) is 4. The van der Waals surface area contributed by atoms with Crippen LogP contribution in [-0.2, 0) is 6.42 Å². The number of aromatic nitrogens is 4. The minimum absolute atomic E-state index is 0.476. The van der Waals surface area contributed by atoms with Crippen LogP contribution in [0.25, 0.3) is 0 Å². The molecule has 19 heavy (non-hydrogen) atoms. The zero-order valence-electron chi connectivity index (χ0n) is 10.3. The van der Waals surface area contributed by atoms with Gasteiger partial charge in [0, 0.05) is 9.92 Å². The molecule has 0 aliphatic heterocycles. The maximum Gasteiger partial charge on any atom is 0.214 e. The van der Waals surface area contributed by atoms with E-state index in [-0.39, 0.29) is 0 Å². The minimum atomic E-state index is 0.476. The van der Waals surface area contributed by atoms with Gasteiger partial charge in [0.25, 0.3) is 0 Å². The van der Waals surface area contributed by atoms with Crippen LogP contribution in [0.1, 0.15) is 24.4 Å². The molecular weight excluding hydrogens is 282 g/mol. The van der Waals surface area contributed by atoms with Gasteiger partial charge in [-0.3, -0.25) is 0 Å². The van der Waals surface area contributed by atoms with Crippen LogP contribution < -0.4 is 5.73 Å². The molecule has 0 atom stereocenters. The largest absolute Gasteiger partial charge is 0.330 e. The van der Waals surface area contributed by atoms with Gasteiger partial charge in [-0.15, -0.1) is 5.10 Å². The molecule has 1 aliphatic rings. The highest BCUT2D eigenvalue weighted by Crippen LogP contribution is 2.38. The molecule has 0 amide bonds. The van der Waals surface area contributed by atoms with Crippen molar-refractivity contribution >= 4 is 23.4 Å². The third-order valence-corrected chi connectivity index (χ3v) is 4.30. The number of rotatable bonds is 5. The monoisotopic (exact) mass is 295 g/mol. The van der Waals surface area contributed by atoms with Crippen LogP contribution in [0.5, 0.6) is 0 Å². The lowest BCUT2D eigenvalue weighted by atomic mass is 10.1. The van der Waals surface area contributed by atoms with Gasteiger partial charge >= 0.3 is 0 Å². The van der Waals surface area contributed by atoms with Crippen molar-refractivity contribution in [1.82, 2.24) is 20.2 Å². The number of nitrogens with two attached hydrogens (primary N) is 1. The molecule has 0 unspecified atom stereocenters. The molecule has 0 bridgehead atoms. The summed E-state index contributed by atoms with van der Waals surface area (Å²) in [5, 5.41) is 13.4. The van der Waals surface area contributed by atoms with Gasteiger partial charge in [-0.2, -0.15) is 0 Å². The average molecular weight is 296 g/mol. The summed E-state index contributed by atoms with van der Waals surface area (Å²) in [7, 11) is 0. The Morgan fingerprint density at radius 1 is 1.42 bits per heavy atom. The number of tetrazole rings is 1. The Labute approximate surface area is 120 Å². The van der Waals surface area contributed by atoms with Crippen LogP contribution in [-0.4, -0.2) is 26.8 Å². The molecule has 2 aromatic rings. The SMILES string of the molecule is NCCc1ccc(Sc2nnnn2C2CC2)cc1Cl. The Balaban J connectivity index is 1.79. The molecule has 0 radical (unpaired) electrons. The van der Waals surface area contributed by atoms with E-state index < -0.39 is 0 Å². The summed E-state index contributed by atoms with van der Waals surface area (Å²) < 4.78 is 1.90. The van der Waals surface area contributed by atoms with Crippen molar-refractivity contribution in [2.24, 2.45) is 5.73 Å². The summed E-state index contributed by atoms with van der Waals surface area (Å²) in [6.45, 7) is 0.603. The molecule has 7 heteroatoms. The van der Waals surface area contributed by atoms with E-state index in [0.717, 1.165) is 39.9 Å². The molecule has 0 saturated heterocycles. The minimum Gasteiger partial charge on any atom is -0.330 e. The summed E-state index contributed by atoms with van der Waals surface area (Å²) in [5.41, 5.74) is 6.62. The zero-order valence-corrected chi connectivity index (χ0v) is 11.9. The first-order valence-electron chi connectivity index (χ1n) is 6.22. The topological polar surface area (TPSA) is 69.6 Å². The second-order valence-electron chi connectivity index (χ2n) is 4.53. The fourth-order valence-corrected chi connectivity index (χ4v) is 3.08. The van der Waals surface area contributed by atoms with E-state index in [1.54, 1.807) is 11.8 Å². The second kappa shape index (κ2) is 5.48. The molecule has 1 heterocycles. The predicted octanol–water partition coefficient (Wildman–Crippen LogP) is 2.31. The Morgan fingerprint density at radius 2 is 2.26 bits per heavy atom. The molecule has 100 valence electrons. The van der Waals surface area contributed by atoms with E-state index in [1.807, 2.05) is 22.9 Å². The van der Waals surface area contributed by atoms with Gasteiger partial charge in [-0.25, -0.2) is 4.68 Å². The normalized spacial score (nSPS) is 14.8. The third-order valence-electron chi connectivity index (χ3n) is 3.00. The van der Waals surface area contributed by atoms with Crippen molar-refractivity contribution in [1.29, 1.82) is 0 Å². The van der Waals surface area contributed by atoms with Gasteiger partial charge < -0.3 is 5.73 Å². The fourth-order valence-electron chi connectivity index (χ4n) is 1.86. The van der Waals surface area contributed by atoms with Crippen LogP contribution >= 0.6 is 23.4 Å². The number of hydrogen-bond donors (Lipinski definition) is 1. The first kappa shape index (κ1) is 12.9. The highest BCUT2D eigenvalue weighted by molar-refractivity contribution is 7.99. The van der Waals surface area contributed by atoms with E-state index in [2.05, 4.69) is 15.5 Å². The van der Waals surface area contributed by atoms with Crippen molar-refractivity contribution in [3.63, 3.8) is 0 Å². The standard InChI is InChI=1S/C12H14ClN5S/c13-11-7-10(4-1-8(11)5-6-14)19-12-15-16-17-18(12)9-2-3-9/h1,4,7,9H,2-3,5-6,14H2. The van der Waals surface area contributed by atoms with E-state index >= 15 is 0 Å². The highest BCUT2D eigenvalue weighted by Gasteiger charge is 2.28. The molecule has 1 fully saturated rings. The predicted molar refractivity (Wildman–Crippen MR) is 74.4 cm³/mol. The molecule has 0 spiro atoms. The summed E-state index contributed by atoms with van der Waals surface area (Å²) in [5.74, 6) is 0. The van der Waals surface area contributed by atoms with Gasteiger partial charge in [0.05, 0.1) is 6.04 Å². The van der Waals surface area contributed by atoms with Crippen LogP contribution in [0.2, 0.25) is 5.02 Å². The van der Waals surface area contributed by atoms with Crippen LogP contribution in [0.3, 0.4) is 0 Å². The Morgan fingerprint density at radius 3 is 2.95 bits per heavy atom. The van der Waals surface area contributed by atoms with Crippen LogP contribution in [0.15, 0.2) is 28.3 Å². The lowest BCUT2D eigenvalue weighted by Gasteiger charge is -2.06. The Hall–Kier alpha value is -1.11. The molecular formula is C12H14ClN5S. The molecule has 1 saturated carbocycles. The first-order chi connectivity index (χ1) is 9.28. The van der Waals surface area contributed by atoms with Crippen LogP contribution in [0.4, 0.5) is 0 Å². The smallest absolute Gasteiger partial charge is 0.214 e. The lowest BCUT2D eigenvalue weighted by Crippen LogP contribution is -2.03. The van der Waals surface area contributed by atoms with Crippen LogP contribution in [0, 0.1) is 0 Å². The van der Waals surface area contributed by atoms with Crippen molar-refractivity contribution in [3.05, 3.63) is 28.8 Å². The summed E-state index contributed by atoms with van der Waals surface area (Å²) in [4.78, 5) is 1.04. The Kier molecular flexibility index (Phi) is 3.72. The van der Waals surface area contributed by atoms with Gasteiger partial charge in [0.15, 0.2) is 0 Å². The third kappa shape index (κ3) is 2.91. The quantitative estimate of drug-likeness (QED) is 0.916. The number of hydrogen-bond acceptors (Lipinski definition) is 5. The first-order valence-corrected chi connectivity index (χ1v) is 7.41. The summed E-state index contributed by atoms with van der Waals surface area (Å²) >= 11 is 7.78. The highest BCUT2D eigenvalue weighted by atomic mass is 35.5. The van der Waals surface area contributed by atoms with Crippen molar-refractivity contribution in [2.75, 3.05) is 6.54 Å². The second-order valence-corrected chi connectivity index (χ2v) is 5.98. The van der Waals surface area contributed by atoms with E-state index in [0.29, 0.717) is 12.6 Å². The van der Waals surface area contributed by atoms with E-state index in [1.165, 1.54) is 0 Å². The maximum atomic E-state index is 6.24. The van der Waals surface area contributed by atoms with E-state index in [4.69, 9.17) is 17.3 Å². The van der Waals surface area contributed by atoms with Gasteiger partial charge in [-0.1, -0.05) is 17.7 Å². The molecule has 3 rings (SSSR count). The number of benzene rings is 1. The fraction of sp³-hybridized carbons (Fsp3) is 0.417. The Bertz CT molecular complexity index is 581. The zero-order chi connectivity index (χ0) is 13.2. The summed E-state index contributed by atoms with van der Waals surface area (Å²) in [6.07, 6.45) is 3.12. The molecule has 1 aliphatic carbocycles. The molecule has 2 N–H and O–H groups in total. The van der Waals surface area contributed by atoms with Gasteiger partial charge in [-0.05, 0) is 65.7 Å². The van der Waals surface area contributed by atoms with Gasteiger partial charge in [0.2, 0.25) is 5.16 Å². The van der Waals surface area contributed by atoms with Crippen molar-refractivity contribution in [3.8, 4) is 0 Å². The lowest BCUT2D eigenvalue weighted by molar-refractivity contribution is 0.565. The maximum absolute atomic E-state index is 6.24. The number of halogens is 1. The van der Waals surface area contributed by atoms with Gasteiger partial charge in [0.1, 0.15) is 0 Å². The average Bonchev–Trinajstić information content (AvgIpc) is 3.14. The van der Waals surface area contributed by atoms with Crippen molar-refractivity contribution < 1.29 is 0 Å². The molecule has 1 aromatic heterocycles. The summed E-state index contributed by atoms with van der Waals surface area (Å²) in [6, 6.07) is 6.48. The molecule has 5 nitrogen and oxygen atoms in total. The molecule has 1 aromatic carbocycles.